The van der Waals surface area contributed by atoms with Crippen molar-refractivity contribution >= 4 is 32.3 Å². The number of methoxy groups -OCH3 is 4. The third-order valence-corrected chi connectivity index (χ3v) is 8.84. The lowest BCUT2D eigenvalue weighted by molar-refractivity contribution is -0.670. The number of aryl methyl sites for hydroxylation is 2. The molecule has 1 atom stereocenters. The lowest BCUT2D eigenvalue weighted by Gasteiger charge is -2.27. The molecule has 0 spiro atoms. The van der Waals surface area contributed by atoms with Gasteiger partial charge in [-0.2, -0.15) is 0 Å². The van der Waals surface area contributed by atoms with E-state index in [1.165, 1.54) is 51.9 Å². The van der Waals surface area contributed by atoms with E-state index in [1.807, 2.05) is 36.0 Å². The third-order valence-electron chi connectivity index (χ3n) is 8.84. The molecule has 1 heterocycles. The van der Waals surface area contributed by atoms with Gasteiger partial charge in [0.25, 0.3) is 0 Å². The van der Waals surface area contributed by atoms with Crippen LogP contribution in [0.15, 0.2) is 97.3 Å². The fraction of sp³-hybridized carbons (Fsp3) is 0.256. The van der Waals surface area contributed by atoms with Crippen LogP contribution in [-0.2, 0) is 19.9 Å². The highest BCUT2D eigenvalue weighted by atomic mass is 16.5. The second kappa shape index (κ2) is 12.8. The number of ether oxygens (including phenoxy) is 4. The molecule has 7 rings (SSSR count). The Kier molecular flexibility index (Phi) is 8.56. The largest absolute Gasteiger partial charge is 0.493 e. The molecule has 1 aromatic heterocycles. The average molecular weight is 587 g/mol. The molecule has 44 heavy (non-hydrogen) atoms. The highest BCUT2D eigenvalue weighted by molar-refractivity contribution is 6.08. The molecule has 0 amide bonds. The minimum Gasteiger partial charge on any atom is -0.493 e. The zero-order chi connectivity index (χ0) is 30.6. The Labute approximate surface area is 259 Å². The van der Waals surface area contributed by atoms with Crippen LogP contribution >= 0.6 is 0 Å². The van der Waals surface area contributed by atoms with Gasteiger partial charge in [0, 0.05) is 11.5 Å². The van der Waals surface area contributed by atoms with E-state index >= 15 is 0 Å². The number of benzene rings is 5. The lowest BCUT2D eigenvalue weighted by Crippen LogP contribution is -2.25. The first-order valence-electron chi connectivity index (χ1n) is 15.2. The Morgan fingerprint density at radius 1 is 0.636 bits per heavy atom. The van der Waals surface area contributed by atoms with Crippen LogP contribution < -0.4 is 23.5 Å². The summed E-state index contributed by atoms with van der Waals surface area (Å²) in [6.45, 7) is 0. The van der Waals surface area contributed by atoms with E-state index in [0.29, 0.717) is 5.92 Å². The van der Waals surface area contributed by atoms with Crippen molar-refractivity contribution in [2.75, 3.05) is 28.4 Å². The monoisotopic (exact) mass is 586 g/mol. The summed E-state index contributed by atoms with van der Waals surface area (Å²) in [4.78, 5) is 0. The molecule has 0 aliphatic heterocycles. The number of hydrogen-bond acceptors (Lipinski definition) is 4. The van der Waals surface area contributed by atoms with Crippen LogP contribution in [0.4, 0.5) is 0 Å². The Balaban J connectivity index is 0.000000193. The van der Waals surface area contributed by atoms with Gasteiger partial charge in [-0.25, -0.2) is 4.57 Å². The summed E-state index contributed by atoms with van der Waals surface area (Å²) in [5.41, 5.74) is 4.37. The van der Waals surface area contributed by atoms with E-state index in [-0.39, 0.29) is 0 Å². The van der Waals surface area contributed by atoms with Crippen molar-refractivity contribution in [1.82, 2.24) is 0 Å². The van der Waals surface area contributed by atoms with Crippen molar-refractivity contribution < 1.29 is 23.5 Å². The molecular weight excluding hydrogens is 546 g/mol. The molecule has 0 radical (unpaired) electrons. The molecule has 0 bridgehead atoms. The fourth-order valence-electron chi connectivity index (χ4n) is 6.64. The number of rotatable bonds is 6. The Hall–Kier alpha value is -4.77. The van der Waals surface area contributed by atoms with E-state index in [0.717, 1.165) is 40.2 Å². The van der Waals surface area contributed by atoms with Crippen LogP contribution in [0.25, 0.3) is 32.3 Å². The minimum atomic E-state index is 0.549. The van der Waals surface area contributed by atoms with Gasteiger partial charge in [0.1, 0.15) is 7.05 Å². The Bertz CT molecular complexity index is 1950. The molecule has 1 unspecified atom stereocenters. The van der Waals surface area contributed by atoms with Crippen molar-refractivity contribution in [3.05, 3.63) is 114 Å². The highest BCUT2D eigenvalue weighted by Gasteiger charge is 2.23. The smallest absolute Gasteiger partial charge is 0.176 e. The molecule has 5 aromatic carbocycles. The zero-order valence-electron chi connectivity index (χ0n) is 26.2. The Morgan fingerprint density at radius 3 is 2.11 bits per heavy atom. The van der Waals surface area contributed by atoms with Gasteiger partial charge in [0.2, 0.25) is 0 Å². The molecule has 5 heteroatoms. The topological polar surface area (TPSA) is 40.8 Å². The van der Waals surface area contributed by atoms with Crippen LogP contribution in [0.5, 0.6) is 23.0 Å². The van der Waals surface area contributed by atoms with Crippen LogP contribution in [-0.4, -0.2) is 28.4 Å². The van der Waals surface area contributed by atoms with Crippen LogP contribution in [0.2, 0.25) is 0 Å². The average Bonchev–Trinajstić information content (AvgIpc) is 3.07. The standard InChI is InChI=1S/C27H26O2.C12H14NO2/c1-28-26-15-10-18(17-27(26)29-2)16-20-7-5-9-23-22(20)13-14-24-21-8-4-3-6-19(21)11-12-25(23)24;1-13-5-4-9-6-11(14-2)12(15-3)7-10(9)8-13/h3-4,6,8,10-15,17,20H,5,7,9,16H2,1-2H3;4-8H,1-3H3/q;+1. The first kappa shape index (κ1) is 29.3. The molecule has 1 aliphatic rings. The summed E-state index contributed by atoms with van der Waals surface area (Å²) in [7, 11) is 8.67. The SMILES string of the molecule is COc1cc2cc[n+](C)cc2cc1OC.COc1ccc(CC2CCCc3c2ccc2c3ccc3ccccc32)cc1OC. The van der Waals surface area contributed by atoms with E-state index in [4.69, 9.17) is 18.9 Å². The summed E-state index contributed by atoms with van der Waals surface area (Å²) >= 11 is 0. The van der Waals surface area contributed by atoms with Crippen LogP contribution in [0.3, 0.4) is 0 Å². The van der Waals surface area contributed by atoms with Crippen LogP contribution in [0, 0.1) is 0 Å². The second-order valence-corrected chi connectivity index (χ2v) is 11.4. The number of nitrogens with zero attached hydrogens (tertiary/aromatic N) is 1. The van der Waals surface area contributed by atoms with Gasteiger partial charge in [0.15, 0.2) is 35.4 Å². The van der Waals surface area contributed by atoms with Gasteiger partial charge < -0.3 is 18.9 Å². The van der Waals surface area contributed by atoms with Crippen molar-refractivity contribution in [3.8, 4) is 23.0 Å². The predicted molar refractivity (Wildman–Crippen MR) is 179 cm³/mol. The van der Waals surface area contributed by atoms with Gasteiger partial charge in [-0.3, -0.25) is 0 Å². The van der Waals surface area contributed by atoms with Crippen molar-refractivity contribution in [2.24, 2.45) is 7.05 Å². The Morgan fingerprint density at radius 2 is 1.34 bits per heavy atom. The van der Waals surface area contributed by atoms with Gasteiger partial charge >= 0.3 is 0 Å². The molecule has 0 fully saturated rings. The van der Waals surface area contributed by atoms with E-state index in [1.54, 1.807) is 34.0 Å². The van der Waals surface area contributed by atoms with Crippen LogP contribution in [0.1, 0.15) is 35.4 Å². The lowest BCUT2D eigenvalue weighted by atomic mass is 9.77. The summed E-state index contributed by atoms with van der Waals surface area (Å²) in [6, 6.07) is 30.4. The highest BCUT2D eigenvalue weighted by Crippen LogP contribution is 2.40. The summed E-state index contributed by atoms with van der Waals surface area (Å²) in [5.74, 6) is 3.67. The maximum Gasteiger partial charge on any atom is 0.176 e. The van der Waals surface area contributed by atoms with Crippen molar-refractivity contribution in [2.45, 2.75) is 31.6 Å². The fourth-order valence-corrected chi connectivity index (χ4v) is 6.64. The molecule has 1 aliphatic carbocycles. The maximum absolute atomic E-state index is 5.51. The molecule has 224 valence electrons. The van der Waals surface area contributed by atoms with Gasteiger partial charge in [-0.1, -0.05) is 54.6 Å². The van der Waals surface area contributed by atoms with Gasteiger partial charge in [0.05, 0.1) is 28.4 Å². The van der Waals surface area contributed by atoms with Gasteiger partial charge in [-0.15, -0.1) is 0 Å². The van der Waals surface area contributed by atoms with Crippen molar-refractivity contribution in [1.29, 1.82) is 0 Å². The maximum atomic E-state index is 5.51. The molecule has 0 saturated heterocycles. The van der Waals surface area contributed by atoms with E-state index in [2.05, 4.69) is 72.9 Å². The quantitative estimate of drug-likeness (QED) is 0.145. The summed E-state index contributed by atoms with van der Waals surface area (Å²) in [5, 5.41) is 7.77. The summed E-state index contributed by atoms with van der Waals surface area (Å²) in [6.07, 6.45) is 8.75. The first-order valence-corrected chi connectivity index (χ1v) is 15.2. The number of aromatic nitrogens is 1. The number of fused-ring (bicyclic) bond motifs is 6. The molecule has 0 N–H and O–H groups in total. The zero-order valence-corrected chi connectivity index (χ0v) is 26.2. The predicted octanol–water partition coefficient (Wildman–Crippen LogP) is 8.35. The minimum absolute atomic E-state index is 0.549. The second-order valence-electron chi connectivity index (χ2n) is 11.4. The third kappa shape index (κ3) is 5.74. The molecular formula is C39H40NO4+. The van der Waals surface area contributed by atoms with E-state index < -0.39 is 0 Å². The normalized spacial score (nSPS) is 14.1. The molecule has 0 saturated carbocycles. The summed E-state index contributed by atoms with van der Waals surface area (Å²) < 4.78 is 23.4. The first-order chi connectivity index (χ1) is 21.5. The van der Waals surface area contributed by atoms with Crippen molar-refractivity contribution in [3.63, 3.8) is 0 Å². The van der Waals surface area contributed by atoms with E-state index in [9.17, 15) is 0 Å². The number of pyridine rings is 1. The molecule has 5 nitrogen and oxygen atoms in total. The molecule has 6 aromatic rings. The van der Waals surface area contributed by atoms with Gasteiger partial charge in [-0.05, 0) is 99.5 Å². The number of hydrogen-bond donors (Lipinski definition) is 0.